The Bertz CT molecular complexity index is 683. The molecule has 1 aliphatic rings. The quantitative estimate of drug-likeness (QED) is 0.788. The third kappa shape index (κ3) is 3.62. The first kappa shape index (κ1) is 15.4. The zero-order chi connectivity index (χ0) is 16.1. The van der Waals surface area contributed by atoms with Crippen LogP contribution in [0.3, 0.4) is 0 Å². The molecular weight excluding hydrogens is 300 g/mol. The van der Waals surface area contributed by atoms with E-state index < -0.39 is 0 Å². The fourth-order valence-corrected chi connectivity index (χ4v) is 2.18. The van der Waals surface area contributed by atoms with Crippen molar-refractivity contribution in [1.29, 1.82) is 0 Å². The average molecular weight is 318 g/mol. The van der Waals surface area contributed by atoms with Crippen LogP contribution in [0.4, 0.5) is 0 Å². The lowest BCUT2D eigenvalue weighted by atomic mass is 10.1. The number of hydrogen-bond donors (Lipinski definition) is 1. The molecule has 2 heterocycles. The van der Waals surface area contributed by atoms with Gasteiger partial charge >= 0.3 is 0 Å². The largest absolute Gasteiger partial charge is 0.454 e. The van der Waals surface area contributed by atoms with Crippen molar-refractivity contribution in [2.75, 3.05) is 26.6 Å². The van der Waals surface area contributed by atoms with E-state index in [0.717, 1.165) is 12.0 Å². The van der Waals surface area contributed by atoms with Crippen molar-refractivity contribution in [3.8, 4) is 22.8 Å². The van der Waals surface area contributed by atoms with Crippen LogP contribution in [0.15, 0.2) is 28.8 Å². The minimum Gasteiger partial charge on any atom is -0.454 e. The SMILES string of the molecule is CCOCCCNC(=O)c1cc(-c2ccc3c(c2)OCO3)on1. The van der Waals surface area contributed by atoms with Gasteiger partial charge in [-0.25, -0.2) is 0 Å². The number of carbonyl (C=O) groups is 1. The maximum atomic E-state index is 12.0. The van der Waals surface area contributed by atoms with E-state index in [9.17, 15) is 4.79 Å². The molecule has 0 aliphatic carbocycles. The molecule has 0 bridgehead atoms. The van der Waals surface area contributed by atoms with Crippen molar-refractivity contribution in [2.45, 2.75) is 13.3 Å². The molecule has 0 fully saturated rings. The summed E-state index contributed by atoms with van der Waals surface area (Å²) >= 11 is 0. The Hall–Kier alpha value is -2.54. The van der Waals surface area contributed by atoms with Crippen LogP contribution in [0.25, 0.3) is 11.3 Å². The van der Waals surface area contributed by atoms with Crippen LogP contribution in [-0.4, -0.2) is 37.6 Å². The molecule has 0 spiro atoms. The molecule has 0 saturated heterocycles. The molecule has 0 saturated carbocycles. The highest BCUT2D eigenvalue weighted by molar-refractivity contribution is 5.93. The van der Waals surface area contributed by atoms with Crippen LogP contribution in [-0.2, 0) is 4.74 Å². The van der Waals surface area contributed by atoms with Crippen LogP contribution in [0.1, 0.15) is 23.8 Å². The number of carbonyl (C=O) groups excluding carboxylic acids is 1. The fraction of sp³-hybridized carbons (Fsp3) is 0.375. The van der Waals surface area contributed by atoms with Crippen molar-refractivity contribution >= 4 is 5.91 Å². The van der Waals surface area contributed by atoms with Gasteiger partial charge in [0.15, 0.2) is 23.0 Å². The number of aromatic nitrogens is 1. The molecule has 1 aromatic carbocycles. The molecule has 1 N–H and O–H groups in total. The van der Waals surface area contributed by atoms with Gasteiger partial charge in [0, 0.05) is 31.4 Å². The number of nitrogens with one attached hydrogen (secondary N) is 1. The lowest BCUT2D eigenvalue weighted by molar-refractivity contribution is 0.0935. The molecule has 3 rings (SSSR count). The smallest absolute Gasteiger partial charge is 0.273 e. The molecule has 1 amide bonds. The molecule has 23 heavy (non-hydrogen) atoms. The van der Waals surface area contributed by atoms with E-state index in [4.69, 9.17) is 18.7 Å². The van der Waals surface area contributed by atoms with Crippen LogP contribution >= 0.6 is 0 Å². The summed E-state index contributed by atoms with van der Waals surface area (Å²) < 4.78 is 21.0. The summed E-state index contributed by atoms with van der Waals surface area (Å²) in [4.78, 5) is 12.0. The van der Waals surface area contributed by atoms with Gasteiger partial charge < -0.3 is 24.1 Å². The predicted octanol–water partition coefficient (Wildman–Crippen LogP) is 2.23. The lowest BCUT2D eigenvalue weighted by Gasteiger charge is -2.02. The molecule has 2 aromatic rings. The number of amides is 1. The van der Waals surface area contributed by atoms with Crippen LogP contribution in [0.2, 0.25) is 0 Å². The Morgan fingerprint density at radius 3 is 3.04 bits per heavy atom. The standard InChI is InChI=1S/C16H18N2O5/c1-2-20-7-3-6-17-16(19)12-9-14(23-18-12)11-4-5-13-15(8-11)22-10-21-13/h4-5,8-9H,2-3,6-7,10H2,1H3,(H,17,19). The fourth-order valence-electron chi connectivity index (χ4n) is 2.18. The van der Waals surface area contributed by atoms with Gasteiger partial charge in [0.1, 0.15) is 0 Å². The zero-order valence-electron chi connectivity index (χ0n) is 12.8. The Morgan fingerprint density at radius 1 is 1.30 bits per heavy atom. The third-order valence-corrected chi connectivity index (χ3v) is 3.36. The first-order valence-electron chi connectivity index (χ1n) is 7.50. The highest BCUT2D eigenvalue weighted by Gasteiger charge is 2.17. The normalized spacial score (nSPS) is 12.4. The highest BCUT2D eigenvalue weighted by Crippen LogP contribution is 2.35. The monoisotopic (exact) mass is 318 g/mol. The van der Waals surface area contributed by atoms with E-state index >= 15 is 0 Å². The summed E-state index contributed by atoms with van der Waals surface area (Å²) in [6, 6.07) is 7.04. The van der Waals surface area contributed by atoms with E-state index in [-0.39, 0.29) is 18.4 Å². The Morgan fingerprint density at radius 2 is 2.17 bits per heavy atom. The number of rotatable bonds is 7. The van der Waals surface area contributed by atoms with Crippen LogP contribution in [0.5, 0.6) is 11.5 Å². The molecule has 7 nitrogen and oxygen atoms in total. The van der Waals surface area contributed by atoms with Crippen molar-refractivity contribution in [3.05, 3.63) is 30.0 Å². The van der Waals surface area contributed by atoms with E-state index in [1.54, 1.807) is 18.2 Å². The van der Waals surface area contributed by atoms with Gasteiger partial charge in [0.05, 0.1) is 0 Å². The van der Waals surface area contributed by atoms with E-state index in [2.05, 4.69) is 10.5 Å². The zero-order valence-corrected chi connectivity index (χ0v) is 12.8. The second-order valence-corrected chi connectivity index (χ2v) is 4.95. The summed E-state index contributed by atoms with van der Waals surface area (Å²) in [6.45, 7) is 3.98. The number of ether oxygens (including phenoxy) is 3. The summed E-state index contributed by atoms with van der Waals surface area (Å²) in [5.41, 5.74) is 1.02. The Balaban J connectivity index is 1.60. The minimum atomic E-state index is -0.266. The Labute approximate surface area is 133 Å². The van der Waals surface area contributed by atoms with Gasteiger partial charge in [0.25, 0.3) is 5.91 Å². The molecule has 1 aliphatic heterocycles. The molecule has 7 heteroatoms. The van der Waals surface area contributed by atoms with Gasteiger partial charge in [-0.05, 0) is 31.5 Å². The first-order valence-corrected chi connectivity index (χ1v) is 7.50. The molecule has 1 aromatic heterocycles. The maximum Gasteiger partial charge on any atom is 0.273 e. The van der Waals surface area contributed by atoms with E-state index in [1.165, 1.54) is 0 Å². The number of nitrogens with zero attached hydrogens (tertiary/aromatic N) is 1. The van der Waals surface area contributed by atoms with Crippen molar-refractivity contribution in [1.82, 2.24) is 10.5 Å². The van der Waals surface area contributed by atoms with E-state index in [1.807, 2.05) is 13.0 Å². The van der Waals surface area contributed by atoms with Crippen molar-refractivity contribution < 1.29 is 23.5 Å². The molecule has 122 valence electrons. The summed E-state index contributed by atoms with van der Waals surface area (Å²) in [6.07, 6.45) is 0.756. The Kier molecular flexibility index (Phi) is 4.77. The van der Waals surface area contributed by atoms with Crippen LogP contribution in [0, 0.1) is 0 Å². The summed E-state index contributed by atoms with van der Waals surface area (Å²) in [7, 11) is 0. The molecule has 0 unspecified atom stereocenters. The van der Waals surface area contributed by atoms with Gasteiger partial charge in [-0.1, -0.05) is 5.16 Å². The van der Waals surface area contributed by atoms with Gasteiger partial charge in [0.2, 0.25) is 6.79 Å². The third-order valence-electron chi connectivity index (χ3n) is 3.36. The summed E-state index contributed by atoms with van der Waals surface area (Å²) in [5.74, 6) is 1.58. The number of benzene rings is 1. The topological polar surface area (TPSA) is 82.8 Å². The number of fused-ring (bicyclic) bond motifs is 1. The first-order chi connectivity index (χ1) is 11.3. The second-order valence-electron chi connectivity index (χ2n) is 4.95. The van der Waals surface area contributed by atoms with Gasteiger partial charge in [-0.2, -0.15) is 0 Å². The molecular formula is C16H18N2O5. The van der Waals surface area contributed by atoms with Crippen molar-refractivity contribution in [3.63, 3.8) is 0 Å². The van der Waals surface area contributed by atoms with Gasteiger partial charge in [-0.3, -0.25) is 4.79 Å². The maximum absolute atomic E-state index is 12.0. The molecule has 0 atom stereocenters. The van der Waals surface area contributed by atoms with Crippen molar-refractivity contribution in [2.24, 2.45) is 0 Å². The molecule has 0 radical (unpaired) electrons. The minimum absolute atomic E-state index is 0.213. The predicted molar refractivity (Wildman–Crippen MR) is 81.5 cm³/mol. The second kappa shape index (κ2) is 7.15. The summed E-state index contributed by atoms with van der Waals surface area (Å²) in [5, 5.41) is 6.59. The van der Waals surface area contributed by atoms with E-state index in [0.29, 0.717) is 37.0 Å². The highest BCUT2D eigenvalue weighted by atomic mass is 16.7. The average Bonchev–Trinajstić information content (AvgIpc) is 3.22. The number of hydrogen-bond acceptors (Lipinski definition) is 6. The van der Waals surface area contributed by atoms with Crippen LogP contribution < -0.4 is 14.8 Å². The van der Waals surface area contributed by atoms with Gasteiger partial charge in [-0.15, -0.1) is 0 Å². The lowest BCUT2D eigenvalue weighted by Crippen LogP contribution is -2.25.